The molecule has 0 bridgehead atoms. The minimum Gasteiger partial charge on any atom is -0.335 e. The zero-order chi connectivity index (χ0) is 17.3. The maximum absolute atomic E-state index is 4.13. The van der Waals surface area contributed by atoms with Crippen molar-refractivity contribution in [3.05, 3.63) is 18.7 Å². The molecular formula is C22H43ClN2. The van der Waals surface area contributed by atoms with Crippen molar-refractivity contribution in [1.29, 1.82) is 0 Å². The van der Waals surface area contributed by atoms with E-state index in [4.69, 9.17) is 0 Å². The van der Waals surface area contributed by atoms with Crippen LogP contribution >= 0.6 is 12.4 Å². The highest BCUT2D eigenvalue weighted by Gasteiger charge is 2.02. The Morgan fingerprint density at radius 3 is 1.56 bits per heavy atom. The van der Waals surface area contributed by atoms with Crippen LogP contribution < -0.4 is 0 Å². The smallest absolute Gasteiger partial charge is 0.0948 e. The van der Waals surface area contributed by atoms with Gasteiger partial charge >= 0.3 is 0 Å². The highest BCUT2D eigenvalue weighted by Crippen LogP contribution is 2.17. The van der Waals surface area contributed by atoms with Crippen LogP contribution in [0.15, 0.2) is 18.7 Å². The Bertz CT molecular complexity index is 351. The summed E-state index contributed by atoms with van der Waals surface area (Å²) in [6.07, 6.45) is 28.8. The van der Waals surface area contributed by atoms with Crippen molar-refractivity contribution >= 4 is 12.4 Å². The van der Waals surface area contributed by atoms with E-state index in [1.54, 1.807) is 0 Å². The molecule has 0 fully saturated rings. The standard InChI is InChI=1S/C22H42N2.ClH/c1-3-4-5-6-7-8-9-10-11-12-13-14-15-16-17-18-22(2)24-20-19-23-21-24;/h19-22H,3-18H2,1-2H3;1H. The monoisotopic (exact) mass is 370 g/mol. The average molecular weight is 371 g/mol. The molecule has 0 radical (unpaired) electrons. The van der Waals surface area contributed by atoms with Gasteiger partial charge in [-0.1, -0.05) is 103 Å². The summed E-state index contributed by atoms with van der Waals surface area (Å²) in [5, 5.41) is 0. The number of hydrogen-bond acceptors (Lipinski definition) is 1. The summed E-state index contributed by atoms with van der Waals surface area (Å²) >= 11 is 0. The lowest BCUT2D eigenvalue weighted by Crippen LogP contribution is -2.01. The number of hydrogen-bond donors (Lipinski definition) is 0. The Kier molecular flexibility index (Phi) is 17.9. The SMILES string of the molecule is CCCCCCCCCCCCCCCCCC(C)n1ccnc1.Cl. The molecule has 0 saturated carbocycles. The van der Waals surface area contributed by atoms with E-state index in [0.717, 1.165) is 0 Å². The first kappa shape index (κ1) is 24.5. The van der Waals surface area contributed by atoms with Gasteiger partial charge in [0.2, 0.25) is 0 Å². The minimum atomic E-state index is 0. The van der Waals surface area contributed by atoms with Crippen molar-refractivity contribution in [3.63, 3.8) is 0 Å². The van der Waals surface area contributed by atoms with Crippen LogP contribution in [0.5, 0.6) is 0 Å². The van der Waals surface area contributed by atoms with Crippen LogP contribution in [0.1, 0.15) is 123 Å². The lowest BCUT2D eigenvalue weighted by molar-refractivity contribution is 0.464. The van der Waals surface area contributed by atoms with Crippen LogP contribution in [0.4, 0.5) is 0 Å². The number of nitrogens with zero attached hydrogens (tertiary/aromatic N) is 2. The maximum atomic E-state index is 4.13. The Hall–Kier alpha value is -0.500. The van der Waals surface area contributed by atoms with Gasteiger partial charge in [-0.2, -0.15) is 0 Å². The third kappa shape index (κ3) is 14.4. The molecule has 0 aromatic carbocycles. The predicted octanol–water partition coefficient (Wildman–Crippen LogP) is 8.13. The van der Waals surface area contributed by atoms with Crippen LogP contribution in [0.25, 0.3) is 0 Å². The van der Waals surface area contributed by atoms with E-state index in [1.165, 1.54) is 103 Å². The summed E-state index contributed by atoms with van der Waals surface area (Å²) in [5.74, 6) is 0. The first-order chi connectivity index (χ1) is 11.8. The number of halogens is 1. The number of aromatic nitrogens is 2. The van der Waals surface area contributed by atoms with Crippen LogP contribution in [0.3, 0.4) is 0 Å². The number of imidazole rings is 1. The van der Waals surface area contributed by atoms with Gasteiger partial charge < -0.3 is 4.57 Å². The highest BCUT2D eigenvalue weighted by molar-refractivity contribution is 5.85. The summed E-state index contributed by atoms with van der Waals surface area (Å²) in [7, 11) is 0. The van der Waals surface area contributed by atoms with Crippen LogP contribution in [-0.2, 0) is 0 Å². The van der Waals surface area contributed by atoms with Crippen molar-refractivity contribution < 1.29 is 0 Å². The lowest BCUT2D eigenvalue weighted by Gasteiger charge is -2.12. The molecule has 1 rings (SSSR count). The molecule has 1 aromatic heterocycles. The average Bonchev–Trinajstić information content (AvgIpc) is 3.13. The normalized spacial score (nSPS) is 12.1. The minimum absolute atomic E-state index is 0. The van der Waals surface area contributed by atoms with Crippen molar-refractivity contribution in [2.24, 2.45) is 0 Å². The fourth-order valence-electron chi connectivity index (χ4n) is 3.49. The van der Waals surface area contributed by atoms with Crippen LogP contribution in [0.2, 0.25) is 0 Å². The number of rotatable bonds is 17. The Balaban J connectivity index is 0.00000576. The lowest BCUT2D eigenvalue weighted by atomic mass is 10.0. The fraction of sp³-hybridized carbons (Fsp3) is 0.864. The van der Waals surface area contributed by atoms with Crippen molar-refractivity contribution in [3.8, 4) is 0 Å². The molecule has 0 aliphatic carbocycles. The van der Waals surface area contributed by atoms with E-state index < -0.39 is 0 Å². The molecule has 0 N–H and O–H groups in total. The van der Waals surface area contributed by atoms with Gasteiger partial charge in [-0.15, -0.1) is 12.4 Å². The molecule has 1 unspecified atom stereocenters. The van der Waals surface area contributed by atoms with E-state index in [0.29, 0.717) is 6.04 Å². The zero-order valence-electron chi connectivity index (χ0n) is 16.9. The molecule has 1 heterocycles. The highest BCUT2D eigenvalue weighted by atomic mass is 35.5. The number of unbranched alkanes of at least 4 members (excludes halogenated alkanes) is 14. The molecule has 1 atom stereocenters. The Labute approximate surface area is 163 Å². The van der Waals surface area contributed by atoms with E-state index in [2.05, 4.69) is 29.6 Å². The summed E-state index contributed by atoms with van der Waals surface area (Å²) in [4.78, 5) is 4.13. The summed E-state index contributed by atoms with van der Waals surface area (Å²) in [5.41, 5.74) is 0. The molecule has 0 amide bonds. The molecule has 3 heteroatoms. The quantitative estimate of drug-likeness (QED) is 0.253. The van der Waals surface area contributed by atoms with E-state index in [9.17, 15) is 0 Å². The second-order valence-corrected chi connectivity index (χ2v) is 7.60. The molecule has 2 nitrogen and oxygen atoms in total. The molecule has 25 heavy (non-hydrogen) atoms. The van der Waals surface area contributed by atoms with E-state index in [-0.39, 0.29) is 12.4 Å². The third-order valence-electron chi connectivity index (χ3n) is 5.26. The van der Waals surface area contributed by atoms with Crippen molar-refractivity contribution in [1.82, 2.24) is 9.55 Å². The van der Waals surface area contributed by atoms with Gasteiger partial charge in [-0.25, -0.2) is 4.98 Å². The second-order valence-electron chi connectivity index (χ2n) is 7.60. The van der Waals surface area contributed by atoms with Crippen molar-refractivity contribution in [2.45, 2.75) is 123 Å². The van der Waals surface area contributed by atoms with Crippen LogP contribution in [-0.4, -0.2) is 9.55 Å². The molecule has 1 aromatic rings. The molecule has 148 valence electrons. The van der Waals surface area contributed by atoms with Crippen molar-refractivity contribution in [2.75, 3.05) is 0 Å². The Morgan fingerprint density at radius 2 is 1.16 bits per heavy atom. The third-order valence-corrected chi connectivity index (χ3v) is 5.26. The van der Waals surface area contributed by atoms with Gasteiger partial charge in [0, 0.05) is 18.4 Å². The molecule has 0 aliphatic heterocycles. The zero-order valence-corrected chi connectivity index (χ0v) is 17.7. The van der Waals surface area contributed by atoms with Gasteiger partial charge in [-0.3, -0.25) is 0 Å². The van der Waals surface area contributed by atoms with Gasteiger partial charge in [0.25, 0.3) is 0 Å². The predicted molar refractivity (Wildman–Crippen MR) is 114 cm³/mol. The fourth-order valence-corrected chi connectivity index (χ4v) is 3.49. The maximum Gasteiger partial charge on any atom is 0.0948 e. The van der Waals surface area contributed by atoms with Crippen LogP contribution in [0, 0.1) is 0 Å². The first-order valence-corrected chi connectivity index (χ1v) is 10.8. The summed E-state index contributed by atoms with van der Waals surface area (Å²) < 4.78 is 2.23. The van der Waals surface area contributed by atoms with E-state index in [1.807, 2.05) is 12.5 Å². The first-order valence-electron chi connectivity index (χ1n) is 10.8. The molecular weight excluding hydrogens is 328 g/mol. The second kappa shape index (κ2) is 18.3. The van der Waals surface area contributed by atoms with Gasteiger partial charge in [0.1, 0.15) is 0 Å². The largest absolute Gasteiger partial charge is 0.335 e. The topological polar surface area (TPSA) is 17.8 Å². The van der Waals surface area contributed by atoms with E-state index >= 15 is 0 Å². The molecule has 0 spiro atoms. The molecule has 0 aliphatic rings. The summed E-state index contributed by atoms with van der Waals surface area (Å²) in [6.45, 7) is 4.59. The van der Waals surface area contributed by atoms with Gasteiger partial charge in [0.15, 0.2) is 0 Å². The summed E-state index contributed by atoms with van der Waals surface area (Å²) in [6, 6.07) is 0.606. The molecule has 0 saturated heterocycles. The van der Waals surface area contributed by atoms with Gasteiger partial charge in [0.05, 0.1) is 6.33 Å². The van der Waals surface area contributed by atoms with Gasteiger partial charge in [-0.05, 0) is 13.3 Å². The Morgan fingerprint density at radius 1 is 0.720 bits per heavy atom.